The van der Waals surface area contributed by atoms with Crippen LogP contribution in [0.25, 0.3) is 11.1 Å². The van der Waals surface area contributed by atoms with Gasteiger partial charge >= 0.3 is 0 Å². The van der Waals surface area contributed by atoms with Crippen LogP contribution in [0.4, 0.5) is 0 Å². The zero-order chi connectivity index (χ0) is 13.4. The minimum atomic E-state index is -0.0385. The molecule has 0 saturated heterocycles. The van der Waals surface area contributed by atoms with Gasteiger partial charge in [0.2, 0.25) is 5.91 Å². The fourth-order valence-corrected chi connectivity index (χ4v) is 2.52. The van der Waals surface area contributed by atoms with Gasteiger partial charge < -0.3 is 4.42 Å². The number of carbonyl (C=O) groups is 1. The van der Waals surface area contributed by atoms with Crippen LogP contribution >= 0.6 is 11.8 Å². The molecule has 1 aliphatic rings. The van der Waals surface area contributed by atoms with E-state index in [1.54, 1.807) is 0 Å². The lowest BCUT2D eigenvalue weighted by atomic mass is 9.94. The summed E-state index contributed by atoms with van der Waals surface area (Å²) in [5.41, 5.74) is 5.96. The van der Waals surface area contributed by atoms with E-state index in [9.17, 15) is 4.79 Å². The van der Waals surface area contributed by atoms with Crippen LogP contribution in [0.1, 0.15) is 18.9 Å². The summed E-state index contributed by atoms with van der Waals surface area (Å²) in [6.07, 6.45) is 2.39. The van der Waals surface area contributed by atoms with E-state index in [0.29, 0.717) is 11.6 Å². The van der Waals surface area contributed by atoms with Crippen molar-refractivity contribution in [1.82, 2.24) is 10.4 Å². The van der Waals surface area contributed by atoms with E-state index in [2.05, 4.69) is 15.5 Å². The summed E-state index contributed by atoms with van der Waals surface area (Å²) in [4.78, 5) is 15.6. The molecule has 0 spiro atoms. The molecule has 1 unspecified atom stereocenters. The molecule has 6 heteroatoms. The molecule has 0 radical (unpaired) electrons. The SMILES string of the molecule is CSc1nc2cc(C3=NNC(=O)CC3C)ccc2o1. The van der Waals surface area contributed by atoms with Gasteiger partial charge in [0.05, 0.1) is 5.71 Å². The standard InChI is InChI=1S/C13H13N3O2S/c1-7-5-11(17)15-16-12(7)8-3-4-10-9(6-8)14-13(18-10)19-2/h3-4,6-7H,5H2,1-2H3,(H,15,17). The van der Waals surface area contributed by atoms with E-state index in [1.807, 2.05) is 31.4 Å². The Labute approximate surface area is 114 Å². The second-order valence-electron chi connectivity index (χ2n) is 4.50. The fourth-order valence-electron chi connectivity index (χ4n) is 2.16. The number of fused-ring (bicyclic) bond motifs is 1. The lowest BCUT2D eigenvalue weighted by Crippen LogP contribution is -2.31. The van der Waals surface area contributed by atoms with Crippen LogP contribution in [-0.4, -0.2) is 22.9 Å². The molecule has 0 saturated carbocycles. The van der Waals surface area contributed by atoms with Crippen LogP contribution < -0.4 is 5.43 Å². The van der Waals surface area contributed by atoms with Gasteiger partial charge in [-0.2, -0.15) is 5.10 Å². The maximum atomic E-state index is 11.3. The van der Waals surface area contributed by atoms with Gasteiger partial charge in [0.15, 0.2) is 5.58 Å². The average Bonchev–Trinajstić information content (AvgIpc) is 2.80. The van der Waals surface area contributed by atoms with Crippen molar-refractivity contribution < 1.29 is 9.21 Å². The van der Waals surface area contributed by atoms with Crippen molar-refractivity contribution in [1.29, 1.82) is 0 Å². The molecule has 19 heavy (non-hydrogen) atoms. The van der Waals surface area contributed by atoms with Crippen LogP contribution in [0.5, 0.6) is 0 Å². The molecule has 1 N–H and O–H groups in total. The highest BCUT2D eigenvalue weighted by Gasteiger charge is 2.22. The molecule has 1 aromatic carbocycles. The molecule has 1 aliphatic heterocycles. The third kappa shape index (κ3) is 2.23. The van der Waals surface area contributed by atoms with Crippen LogP contribution in [-0.2, 0) is 4.79 Å². The Morgan fingerprint density at radius 2 is 2.32 bits per heavy atom. The van der Waals surface area contributed by atoms with E-state index in [0.717, 1.165) is 22.4 Å². The largest absolute Gasteiger partial charge is 0.431 e. The topological polar surface area (TPSA) is 67.5 Å². The Kier molecular flexibility index (Phi) is 3.02. The van der Waals surface area contributed by atoms with Gasteiger partial charge in [-0.3, -0.25) is 4.79 Å². The fraction of sp³-hybridized carbons (Fsp3) is 0.308. The summed E-state index contributed by atoms with van der Waals surface area (Å²) in [5, 5.41) is 4.80. The number of thioether (sulfide) groups is 1. The Hall–Kier alpha value is -1.82. The third-order valence-corrected chi connectivity index (χ3v) is 3.62. The molecule has 2 heterocycles. The number of benzene rings is 1. The number of hydrogen-bond acceptors (Lipinski definition) is 5. The maximum Gasteiger partial charge on any atom is 0.256 e. The van der Waals surface area contributed by atoms with Crippen molar-refractivity contribution in [2.75, 3.05) is 6.26 Å². The third-order valence-electron chi connectivity index (χ3n) is 3.10. The first-order valence-corrected chi connectivity index (χ1v) is 7.21. The van der Waals surface area contributed by atoms with Crippen molar-refractivity contribution in [3.63, 3.8) is 0 Å². The van der Waals surface area contributed by atoms with Crippen molar-refractivity contribution in [2.24, 2.45) is 11.0 Å². The number of amides is 1. The quantitative estimate of drug-likeness (QED) is 0.855. The minimum absolute atomic E-state index is 0.0385. The van der Waals surface area contributed by atoms with E-state index in [-0.39, 0.29) is 11.8 Å². The number of rotatable bonds is 2. The Balaban J connectivity index is 2.03. The molecule has 1 amide bonds. The van der Waals surface area contributed by atoms with Gasteiger partial charge in [-0.25, -0.2) is 10.4 Å². The van der Waals surface area contributed by atoms with Gasteiger partial charge in [-0.05, 0) is 24.5 Å². The molecule has 3 rings (SSSR count). The highest BCUT2D eigenvalue weighted by atomic mass is 32.2. The minimum Gasteiger partial charge on any atom is -0.431 e. The molecule has 0 bridgehead atoms. The number of aromatic nitrogens is 1. The van der Waals surface area contributed by atoms with E-state index < -0.39 is 0 Å². The van der Waals surface area contributed by atoms with Crippen molar-refractivity contribution >= 4 is 34.5 Å². The summed E-state index contributed by atoms with van der Waals surface area (Å²) in [6, 6.07) is 5.79. The second-order valence-corrected chi connectivity index (χ2v) is 5.26. The van der Waals surface area contributed by atoms with Crippen LogP contribution in [0.2, 0.25) is 0 Å². The monoisotopic (exact) mass is 275 g/mol. The van der Waals surface area contributed by atoms with Gasteiger partial charge in [-0.15, -0.1) is 0 Å². The number of carbonyl (C=O) groups excluding carboxylic acids is 1. The van der Waals surface area contributed by atoms with Crippen molar-refractivity contribution in [3.05, 3.63) is 23.8 Å². The number of oxazole rings is 1. The zero-order valence-electron chi connectivity index (χ0n) is 10.6. The number of hydrogen-bond donors (Lipinski definition) is 1. The van der Waals surface area contributed by atoms with E-state index in [4.69, 9.17) is 4.42 Å². The van der Waals surface area contributed by atoms with E-state index in [1.165, 1.54) is 11.8 Å². The Bertz CT molecular complexity index is 678. The molecule has 0 aliphatic carbocycles. The van der Waals surface area contributed by atoms with Crippen molar-refractivity contribution in [3.8, 4) is 0 Å². The second kappa shape index (κ2) is 4.70. The zero-order valence-corrected chi connectivity index (χ0v) is 11.5. The van der Waals surface area contributed by atoms with Crippen LogP contribution in [0.3, 0.4) is 0 Å². The van der Waals surface area contributed by atoms with Crippen molar-refractivity contribution in [2.45, 2.75) is 18.6 Å². The van der Waals surface area contributed by atoms with Crippen LogP contribution in [0.15, 0.2) is 32.9 Å². The maximum absolute atomic E-state index is 11.3. The molecule has 0 fully saturated rings. The predicted octanol–water partition coefficient (Wildman–Crippen LogP) is 2.41. The molecular weight excluding hydrogens is 262 g/mol. The first-order chi connectivity index (χ1) is 9.17. The number of nitrogens with zero attached hydrogens (tertiary/aromatic N) is 2. The van der Waals surface area contributed by atoms with Crippen LogP contribution in [0, 0.1) is 5.92 Å². The normalized spacial score (nSPS) is 19.4. The molecular formula is C13H13N3O2S. The first-order valence-electron chi connectivity index (χ1n) is 5.99. The summed E-state index contributed by atoms with van der Waals surface area (Å²) < 4.78 is 5.55. The molecule has 2 aromatic rings. The lowest BCUT2D eigenvalue weighted by Gasteiger charge is -2.18. The van der Waals surface area contributed by atoms with Gasteiger partial charge in [0.1, 0.15) is 5.52 Å². The average molecular weight is 275 g/mol. The highest BCUT2D eigenvalue weighted by molar-refractivity contribution is 7.98. The highest BCUT2D eigenvalue weighted by Crippen LogP contribution is 2.24. The molecule has 1 aromatic heterocycles. The summed E-state index contributed by atoms with van der Waals surface area (Å²) in [6.45, 7) is 2.00. The van der Waals surface area contributed by atoms with Gasteiger partial charge in [0.25, 0.3) is 5.22 Å². The molecule has 1 atom stereocenters. The smallest absolute Gasteiger partial charge is 0.256 e. The summed E-state index contributed by atoms with van der Waals surface area (Å²) in [5.74, 6) is 0.0709. The predicted molar refractivity (Wildman–Crippen MR) is 74.3 cm³/mol. The number of nitrogens with one attached hydrogen (secondary N) is 1. The summed E-state index contributed by atoms with van der Waals surface area (Å²) >= 11 is 1.47. The van der Waals surface area contributed by atoms with Gasteiger partial charge in [-0.1, -0.05) is 18.7 Å². The molecule has 98 valence electrons. The first kappa shape index (κ1) is 12.2. The Morgan fingerprint density at radius 3 is 3.05 bits per heavy atom. The lowest BCUT2D eigenvalue weighted by molar-refractivity contribution is -0.121. The van der Waals surface area contributed by atoms with Gasteiger partial charge in [0, 0.05) is 17.9 Å². The summed E-state index contributed by atoms with van der Waals surface area (Å²) in [7, 11) is 0. The van der Waals surface area contributed by atoms with E-state index >= 15 is 0 Å². The molecule has 5 nitrogen and oxygen atoms in total. The Morgan fingerprint density at radius 1 is 1.47 bits per heavy atom. The number of hydrazone groups is 1.